The molecule has 0 saturated carbocycles. The van der Waals surface area contributed by atoms with Gasteiger partial charge in [0.25, 0.3) is 0 Å². The Morgan fingerprint density at radius 3 is 1.42 bits per heavy atom. The highest BCUT2D eigenvalue weighted by Crippen LogP contribution is 2.42. The maximum Gasteiger partial charge on any atom is 0.502 e. The number of hydrogen-bond donors (Lipinski definition) is 0. The van der Waals surface area contributed by atoms with Crippen molar-refractivity contribution in [1.82, 2.24) is 0 Å². The quantitative estimate of drug-likeness (QED) is 0.568. The summed E-state index contributed by atoms with van der Waals surface area (Å²) in [5.74, 6) is 0. The molecule has 1 heterocycles. The monoisotopic (exact) mass is 412 g/mol. The van der Waals surface area contributed by atoms with Crippen molar-refractivity contribution in [2.24, 2.45) is 0 Å². The first-order chi connectivity index (χ1) is 12.1. The van der Waals surface area contributed by atoms with Crippen LogP contribution in [-0.2, 0) is 9.31 Å². The van der Waals surface area contributed by atoms with Gasteiger partial charge in [-0.3, -0.25) is 0 Å². The van der Waals surface area contributed by atoms with Crippen molar-refractivity contribution in [1.29, 1.82) is 0 Å². The lowest BCUT2D eigenvalue weighted by atomic mass is 9.82. The summed E-state index contributed by atoms with van der Waals surface area (Å²) in [5, 5.41) is 0. The molecule has 0 N–H and O–H groups in total. The average Bonchev–Trinajstić information content (AvgIpc) is 2.79. The lowest BCUT2D eigenvalue weighted by molar-refractivity contribution is 0.00578. The van der Waals surface area contributed by atoms with Crippen LogP contribution >= 0.6 is 15.9 Å². The predicted molar refractivity (Wildman–Crippen MR) is 113 cm³/mol. The summed E-state index contributed by atoms with van der Waals surface area (Å²) in [4.78, 5) is 0. The molecular weight excluding hydrogens is 387 g/mol. The molecule has 4 heteroatoms. The van der Waals surface area contributed by atoms with Crippen LogP contribution in [0, 0.1) is 13.8 Å². The van der Waals surface area contributed by atoms with Gasteiger partial charge in [-0.05, 0) is 58.2 Å². The molecule has 0 aliphatic carbocycles. The van der Waals surface area contributed by atoms with E-state index in [1.165, 1.54) is 11.1 Å². The van der Waals surface area contributed by atoms with E-state index in [9.17, 15) is 0 Å². The molecule has 0 unspecified atom stereocenters. The Morgan fingerprint density at radius 2 is 1.08 bits per heavy atom. The van der Waals surface area contributed by atoms with Gasteiger partial charge in [-0.2, -0.15) is 0 Å². The van der Waals surface area contributed by atoms with Crippen molar-refractivity contribution in [3.63, 3.8) is 0 Å². The van der Waals surface area contributed by atoms with Gasteiger partial charge in [0.2, 0.25) is 0 Å². The number of benzene rings is 2. The molecule has 0 radical (unpaired) electrons. The molecule has 1 aliphatic heterocycles. The second-order valence-corrected chi connectivity index (χ2v) is 8.90. The van der Waals surface area contributed by atoms with Crippen molar-refractivity contribution >= 4 is 28.6 Å². The normalized spacial score (nSPS) is 18.0. The smallest absolute Gasteiger partial charge is 0.399 e. The van der Waals surface area contributed by atoms with E-state index in [0.717, 1.165) is 21.1 Å². The molecule has 0 aromatic heterocycles. The van der Waals surface area contributed by atoms with Crippen LogP contribution in [-0.4, -0.2) is 18.3 Å². The zero-order valence-electron chi connectivity index (χ0n) is 16.4. The first-order valence-corrected chi connectivity index (χ1v) is 9.79. The summed E-state index contributed by atoms with van der Waals surface area (Å²) < 4.78 is 13.5. The van der Waals surface area contributed by atoms with Gasteiger partial charge in [-0.15, -0.1) is 0 Å². The van der Waals surface area contributed by atoms with Crippen LogP contribution in [0.25, 0.3) is 5.57 Å². The van der Waals surface area contributed by atoms with E-state index in [-0.39, 0.29) is 11.2 Å². The van der Waals surface area contributed by atoms with Crippen molar-refractivity contribution in [2.75, 3.05) is 0 Å². The molecule has 3 rings (SSSR count). The third-order valence-electron chi connectivity index (χ3n) is 5.38. The highest BCUT2D eigenvalue weighted by atomic mass is 79.9. The minimum Gasteiger partial charge on any atom is -0.399 e. The molecular formula is C22H26BBrO2. The Labute approximate surface area is 165 Å². The first kappa shape index (κ1) is 19.4. The summed E-state index contributed by atoms with van der Waals surface area (Å²) in [6, 6.07) is 17.1. The number of halogens is 1. The predicted octanol–water partition coefficient (Wildman–Crippen LogP) is 6.09. The van der Waals surface area contributed by atoms with Crippen molar-refractivity contribution < 1.29 is 9.31 Å². The molecule has 26 heavy (non-hydrogen) atoms. The van der Waals surface area contributed by atoms with E-state index in [2.05, 4.69) is 106 Å². The van der Waals surface area contributed by atoms with E-state index >= 15 is 0 Å². The minimum absolute atomic E-state index is 0.373. The Balaban J connectivity index is 2.12. The molecule has 0 bridgehead atoms. The molecule has 0 amide bonds. The SMILES string of the molecule is Cc1ccc(C(=C(Br)B2OC(C)(C)C(C)(C)O2)c2ccc(C)cc2)cc1. The van der Waals surface area contributed by atoms with E-state index in [1.54, 1.807) is 0 Å². The van der Waals surface area contributed by atoms with Crippen molar-refractivity contribution in [2.45, 2.75) is 52.7 Å². The molecule has 2 aromatic rings. The zero-order chi connectivity index (χ0) is 19.1. The van der Waals surface area contributed by atoms with Gasteiger partial charge in [-0.25, -0.2) is 0 Å². The Hall–Kier alpha value is -1.36. The lowest BCUT2D eigenvalue weighted by Gasteiger charge is -2.32. The lowest BCUT2D eigenvalue weighted by Crippen LogP contribution is -2.41. The fourth-order valence-electron chi connectivity index (χ4n) is 2.95. The van der Waals surface area contributed by atoms with Crippen LogP contribution in [0.4, 0.5) is 0 Å². The summed E-state index contributed by atoms with van der Waals surface area (Å²) in [7, 11) is -0.433. The average molecular weight is 413 g/mol. The Bertz CT molecular complexity index is 757. The topological polar surface area (TPSA) is 18.5 Å². The van der Waals surface area contributed by atoms with Gasteiger partial charge >= 0.3 is 7.12 Å². The van der Waals surface area contributed by atoms with Gasteiger partial charge in [0.05, 0.1) is 11.2 Å². The van der Waals surface area contributed by atoms with Crippen LogP contribution in [0.3, 0.4) is 0 Å². The van der Waals surface area contributed by atoms with Gasteiger partial charge in [0.1, 0.15) is 0 Å². The molecule has 2 aromatic carbocycles. The second-order valence-electron chi connectivity index (χ2n) is 8.04. The highest BCUT2D eigenvalue weighted by Gasteiger charge is 2.52. The summed E-state index contributed by atoms with van der Waals surface area (Å²) in [5.41, 5.74) is 5.11. The summed E-state index contributed by atoms with van der Waals surface area (Å²) >= 11 is 3.81. The standard InChI is InChI=1S/C22H26BBrO2/c1-15-7-11-17(12-8-15)19(18-13-9-16(2)10-14-18)20(24)23-25-21(3,4)22(5,6)26-23/h7-14H,1-6H3. The minimum atomic E-state index is -0.433. The van der Waals surface area contributed by atoms with Crippen LogP contribution in [0.1, 0.15) is 49.9 Å². The van der Waals surface area contributed by atoms with E-state index in [4.69, 9.17) is 9.31 Å². The Kier molecular flexibility index (Phi) is 5.22. The maximum atomic E-state index is 6.27. The number of aryl methyl sites for hydroxylation is 2. The maximum absolute atomic E-state index is 6.27. The fourth-order valence-corrected chi connectivity index (χ4v) is 3.59. The van der Waals surface area contributed by atoms with Crippen LogP contribution in [0.15, 0.2) is 52.9 Å². The Morgan fingerprint density at radius 1 is 0.731 bits per heavy atom. The first-order valence-electron chi connectivity index (χ1n) is 9.00. The largest absolute Gasteiger partial charge is 0.502 e. The van der Waals surface area contributed by atoms with E-state index < -0.39 is 7.12 Å². The van der Waals surface area contributed by atoms with Crippen molar-refractivity contribution in [3.8, 4) is 0 Å². The molecule has 136 valence electrons. The summed E-state index contributed by atoms with van der Waals surface area (Å²) in [6.07, 6.45) is 0. The third kappa shape index (κ3) is 3.69. The van der Waals surface area contributed by atoms with Crippen molar-refractivity contribution in [3.05, 3.63) is 75.2 Å². The number of hydrogen-bond acceptors (Lipinski definition) is 2. The molecule has 1 saturated heterocycles. The molecule has 1 aliphatic rings. The van der Waals surface area contributed by atoms with Gasteiger partial charge in [0, 0.05) is 4.38 Å². The van der Waals surface area contributed by atoms with Crippen LogP contribution < -0.4 is 0 Å². The van der Waals surface area contributed by atoms with Gasteiger partial charge in [0.15, 0.2) is 0 Å². The second kappa shape index (κ2) is 6.99. The van der Waals surface area contributed by atoms with Gasteiger partial charge < -0.3 is 9.31 Å². The molecule has 2 nitrogen and oxygen atoms in total. The molecule has 0 atom stereocenters. The van der Waals surface area contributed by atoms with Crippen LogP contribution in [0.2, 0.25) is 0 Å². The molecule has 1 fully saturated rings. The van der Waals surface area contributed by atoms with Crippen LogP contribution in [0.5, 0.6) is 0 Å². The van der Waals surface area contributed by atoms with E-state index in [0.29, 0.717) is 0 Å². The fraction of sp³-hybridized carbons (Fsp3) is 0.364. The third-order valence-corrected chi connectivity index (χ3v) is 6.15. The zero-order valence-corrected chi connectivity index (χ0v) is 18.0. The van der Waals surface area contributed by atoms with Gasteiger partial charge in [-0.1, -0.05) is 75.6 Å². The molecule has 0 spiro atoms. The van der Waals surface area contributed by atoms with E-state index in [1.807, 2.05) is 0 Å². The summed E-state index contributed by atoms with van der Waals surface area (Å²) in [6.45, 7) is 12.5. The highest BCUT2D eigenvalue weighted by molar-refractivity contribution is 9.12. The number of rotatable bonds is 3.